The van der Waals surface area contributed by atoms with E-state index < -0.39 is 0 Å². The number of halogens is 1. The van der Waals surface area contributed by atoms with Gasteiger partial charge in [-0.25, -0.2) is 0 Å². The third kappa shape index (κ3) is 2.26. The number of hydrogen-bond donors (Lipinski definition) is 1. The Labute approximate surface area is 87.0 Å². The molecule has 1 rings (SSSR count). The zero-order chi connectivity index (χ0) is 10.7. The maximum atomic E-state index is 11.4. The average Bonchev–Trinajstić information content (AvgIpc) is 2.41. The van der Waals surface area contributed by atoms with Gasteiger partial charge in [0.05, 0.1) is 5.56 Å². The van der Waals surface area contributed by atoms with Gasteiger partial charge in [0.2, 0.25) is 0 Å². The van der Waals surface area contributed by atoms with Gasteiger partial charge in [-0.05, 0) is 11.6 Å². The average molecular weight is 211 g/mol. The number of allylic oxidation sites excluding steroid dienone is 4. The topological polar surface area (TPSA) is 37.8 Å². The molecule has 0 radical (unpaired) electrons. The van der Waals surface area contributed by atoms with Crippen LogP contribution < -0.4 is 5.56 Å². The van der Waals surface area contributed by atoms with E-state index in [2.05, 4.69) is 18.3 Å². The van der Waals surface area contributed by atoms with Gasteiger partial charge >= 0.3 is 0 Å². The van der Waals surface area contributed by atoms with Gasteiger partial charge in [-0.15, -0.1) is 0 Å². The van der Waals surface area contributed by atoms with Gasteiger partial charge in [0, 0.05) is 18.3 Å². The van der Waals surface area contributed by atoms with E-state index in [0.29, 0.717) is 16.2 Å². The fourth-order valence-corrected chi connectivity index (χ4v) is 1.24. The molecule has 3 nitrogen and oxygen atoms in total. The molecule has 0 unspecified atom stereocenters. The van der Waals surface area contributed by atoms with Gasteiger partial charge in [-0.1, -0.05) is 30.8 Å². The van der Waals surface area contributed by atoms with Crippen LogP contribution in [0.1, 0.15) is 5.56 Å². The van der Waals surface area contributed by atoms with Gasteiger partial charge < -0.3 is 0 Å². The highest BCUT2D eigenvalue weighted by molar-refractivity contribution is 6.31. The summed E-state index contributed by atoms with van der Waals surface area (Å²) < 4.78 is 1.58. The lowest BCUT2D eigenvalue weighted by Crippen LogP contribution is -2.05. The Morgan fingerprint density at radius 3 is 2.71 bits per heavy atom. The Morgan fingerprint density at radius 2 is 2.36 bits per heavy atom. The quantitative estimate of drug-likeness (QED) is 0.762. The van der Waals surface area contributed by atoms with Crippen LogP contribution in [0.15, 0.2) is 41.3 Å². The Kier molecular flexibility index (Phi) is 3.14. The number of rotatable bonds is 3. The molecule has 14 heavy (non-hydrogen) atoms. The first-order chi connectivity index (χ1) is 6.54. The SMILES string of the molecule is C=C/C(=C\C(=C)Cl)c1cn(C)[nH]c1=O. The maximum absolute atomic E-state index is 11.4. The van der Waals surface area contributed by atoms with E-state index >= 15 is 0 Å². The summed E-state index contributed by atoms with van der Waals surface area (Å²) in [5.74, 6) is 0. The van der Waals surface area contributed by atoms with Crippen molar-refractivity contribution in [2.75, 3.05) is 0 Å². The molecule has 1 aromatic heterocycles. The predicted octanol–water partition coefficient (Wildman–Crippen LogP) is 2.04. The molecule has 0 fully saturated rings. The van der Waals surface area contributed by atoms with Crippen LogP contribution in [0.25, 0.3) is 5.57 Å². The number of nitrogens with one attached hydrogen (secondary N) is 1. The zero-order valence-electron chi connectivity index (χ0n) is 7.88. The Balaban J connectivity index is 3.26. The summed E-state index contributed by atoms with van der Waals surface area (Å²) in [5, 5.41) is 2.96. The van der Waals surface area contributed by atoms with Crippen LogP contribution in [-0.2, 0) is 7.05 Å². The summed E-state index contributed by atoms with van der Waals surface area (Å²) in [4.78, 5) is 11.4. The second-order valence-corrected chi connectivity index (χ2v) is 3.33. The monoisotopic (exact) mass is 210 g/mol. The fraction of sp³-hybridized carbons (Fsp3) is 0.100. The highest BCUT2D eigenvalue weighted by Crippen LogP contribution is 2.14. The van der Waals surface area contributed by atoms with E-state index in [1.165, 1.54) is 0 Å². The molecule has 1 N–H and O–H groups in total. The number of aryl methyl sites for hydroxylation is 1. The second-order valence-electron chi connectivity index (χ2n) is 2.85. The van der Waals surface area contributed by atoms with Crippen LogP contribution in [0, 0.1) is 0 Å². The van der Waals surface area contributed by atoms with Crippen LogP contribution in [0.5, 0.6) is 0 Å². The number of aromatic nitrogens is 2. The molecule has 0 saturated heterocycles. The first-order valence-electron chi connectivity index (χ1n) is 3.99. The van der Waals surface area contributed by atoms with Crippen LogP contribution in [0.2, 0.25) is 0 Å². The van der Waals surface area contributed by atoms with Crippen molar-refractivity contribution >= 4 is 17.2 Å². The smallest absolute Gasteiger partial charge is 0.271 e. The van der Waals surface area contributed by atoms with Gasteiger partial charge in [0.25, 0.3) is 5.56 Å². The highest BCUT2D eigenvalue weighted by atomic mass is 35.5. The van der Waals surface area contributed by atoms with Crippen LogP contribution in [0.3, 0.4) is 0 Å². The van der Waals surface area contributed by atoms with Crippen molar-refractivity contribution in [3.8, 4) is 0 Å². The van der Waals surface area contributed by atoms with Crippen LogP contribution in [0.4, 0.5) is 0 Å². The first kappa shape index (κ1) is 10.6. The predicted molar refractivity (Wildman–Crippen MR) is 59.2 cm³/mol. The molecule has 0 amide bonds. The number of nitrogens with zero attached hydrogens (tertiary/aromatic N) is 1. The minimum absolute atomic E-state index is 0.170. The Hall–Kier alpha value is -1.48. The van der Waals surface area contributed by atoms with Crippen LogP contribution >= 0.6 is 11.6 Å². The molecule has 0 aromatic carbocycles. The molecular formula is C10H11ClN2O. The molecule has 0 bridgehead atoms. The van der Waals surface area contributed by atoms with Crippen LogP contribution in [-0.4, -0.2) is 9.78 Å². The van der Waals surface area contributed by atoms with Gasteiger partial charge in [0.1, 0.15) is 0 Å². The lowest BCUT2D eigenvalue weighted by Gasteiger charge is -1.94. The molecule has 0 aliphatic rings. The molecule has 1 heterocycles. The normalized spacial score (nSPS) is 11.4. The summed E-state index contributed by atoms with van der Waals surface area (Å²) in [7, 11) is 1.74. The summed E-state index contributed by atoms with van der Waals surface area (Å²) in [6, 6.07) is 0. The van der Waals surface area contributed by atoms with E-state index in [-0.39, 0.29) is 5.56 Å². The number of aromatic amines is 1. The molecule has 0 saturated carbocycles. The van der Waals surface area contributed by atoms with Crippen molar-refractivity contribution in [2.24, 2.45) is 7.05 Å². The van der Waals surface area contributed by atoms with E-state index in [9.17, 15) is 4.79 Å². The minimum Gasteiger partial charge on any atom is -0.295 e. The summed E-state index contributed by atoms with van der Waals surface area (Å²) >= 11 is 5.62. The Morgan fingerprint density at radius 1 is 1.71 bits per heavy atom. The van der Waals surface area contributed by atoms with Crippen molar-refractivity contribution < 1.29 is 0 Å². The Bertz CT molecular complexity index is 451. The maximum Gasteiger partial charge on any atom is 0.271 e. The summed E-state index contributed by atoms with van der Waals surface area (Å²) in [6.45, 7) is 7.14. The molecule has 1 aromatic rings. The third-order valence-corrected chi connectivity index (χ3v) is 1.80. The largest absolute Gasteiger partial charge is 0.295 e. The first-order valence-corrected chi connectivity index (χ1v) is 4.37. The van der Waals surface area contributed by atoms with E-state index in [1.54, 1.807) is 30.1 Å². The second kappa shape index (κ2) is 4.15. The molecule has 0 atom stereocenters. The summed E-state index contributed by atoms with van der Waals surface area (Å²) in [5.41, 5.74) is 1.02. The van der Waals surface area contributed by atoms with Crippen molar-refractivity contribution in [2.45, 2.75) is 0 Å². The lowest BCUT2D eigenvalue weighted by atomic mass is 10.1. The third-order valence-electron chi connectivity index (χ3n) is 1.69. The van der Waals surface area contributed by atoms with E-state index in [4.69, 9.17) is 11.6 Å². The fourth-order valence-electron chi connectivity index (χ4n) is 1.13. The number of hydrogen-bond acceptors (Lipinski definition) is 1. The van der Waals surface area contributed by atoms with Gasteiger partial charge in [-0.3, -0.25) is 14.6 Å². The number of H-pyrrole nitrogens is 1. The van der Waals surface area contributed by atoms with Crippen molar-refractivity contribution in [1.29, 1.82) is 0 Å². The summed E-state index contributed by atoms with van der Waals surface area (Å²) in [6.07, 6.45) is 4.84. The van der Waals surface area contributed by atoms with Crippen molar-refractivity contribution in [1.82, 2.24) is 9.78 Å². The minimum atomic E-state index is -0.170. The van der Waals surface area contributed by atoms with Crippen molar-refractivity contribution in [3.63, 3.8) is 0 Å². The molecule has 4 heteroatoms. The van der Waals surface area contributed by atoms with Gasteiger partial charge in [-0.2, -0.15) is 0 Å². The molecule has 0 spiro atoms. The molecular weight excluding hydrogens is 200 g/mol. The van der Waals surface area contributed by atoms with Crippen molar-refractivity contribution in [3.05, 3.63) is 52.5 Å². The van der Waals surface area contributed by atoms with E-state index in [0.717, 1.165) is 0 Å². The standard InChI is InChI=1S/C10H11ClN2O/c1-4-8(5-7(2)11)9-6-13(3)12-10(9)14/h4-6H,1-2H2,3H3,(H,12,14)/b8-5+. The zero-order valence-corrected chi connectivity index (χ0v) is 8.64. The molecule has 0 aliphatic carbocycles. The van der Waals surface area contributed by atoms with E-state index in [1.807, 2.05) is 0 Å². The van der Waals surface area contributed by atoms with Gasteiger partial charge in [0.15, 0.2) is 0 Å². The lowest BCUT2D eigenvalue weighted by molar-refractivity contribution is 0.756. The molecule has 0 aliphatic heterocycles. The highest BCUT2D eigenvalue weighted by Gasteiger charge is 2.05. The molecule has 74 valence electrons.